The summed E-state index contributed by atoms with van der Waals surface area (Å²) in [5.74, 6) is -0.319. The minimum absolute atomic E-state index is 0.183. The maximum Gasteiger partial charge on any atom is 0.248 e. The van der Waals surface area contributed by atoms with E-state index >= 15 is 0 Å². The van der Waals surface area contributed by atoms with Crippen LogP contribution in [-0.4, -0.2) is 5.91 Å². The second kappa shape index (κ2) is 6.84. The van der Waals surface area contributed by atoms with E-state index in [0.717, 1.165) is 5.56 Å². The Kier molecular flexibility index (Phi) is 4.88. The Morgan fingerprint density at radius 2 is 1.76 bits per heavy atom. The van der Waals surface area contributed by atoms with Crippen molar-refractivity contribution in [3.63, 3.8) is 0 Å². The molecule has 21 heavy (non-hydrogen) atoms. The second-order valence-electron chi connectivity index (χ2n) is 5.12. The van der Waals surface area contributed by atoms with Gasteiger partial charge in [-0.15, -0.1) is 0 Å². The summed E-state index contributed by atoms with van der Waals surface area (Å²) in [6.45, 7) is 4.26. The third-order valence-electron chi connectivity index (χ3n) is 3.16. The molecule has 0 fully saturated rings. The van der Waals surface area contributed by atoms with E-state index < -0.39 is 5.82 Å². The molecule has 0 aliphatic heterocycles. The molecule has 2 aromatic rings. The first-order valence-electron chi connectivity index (χ1n) is 6.90. The highest BCUT2D eigenvalue weighted by atomic mass is 19.1. The fourth-order valence-electron chi connectivity index (χ4n) is 1.90. The monoisotopic (exact) mass is 283 g/mol. The Hall–Kier alpha value is -2.42. The van der Waals surface area contributed by atoms with Crippen molar-refractivity contribution in [1.82, 2.24) is 0 Å². The van der Waals surface area contributed by atoms with Crippen LogP contribution in [0.1, 0.15) is 30.9 Å². The lowest BCUT2D eigenvalue weighted by Crippen LogP contribution is -2.08. The van der Waals surface area contributed by atoms with Crippen molar-refractivity contribution in [2.45, 2.75) is 19.8 Å². The van der Waals surface area contributed by atoms with Crippen molar-refractivity contribution >= 4 is 17.7 Å². The van der Waals surface area contributed by atoms with Gasteiger partial charge in [-0.05, 0) is 35.3 Å². The topological polar surface area (TPSA) is 29.1 Å². The van der Waals surface area contributed by atoms with Crippen molar-refractivity contribution in [3.05, 3.63) is 71.6 Å². The SMILES string of the molecule is CC(C)c1ccc(/C=C/C(=O)Nc2ccccc2F)cc1. The number of halogens is 1. The largest absolute Gasteiger partial charge is 0.320 e. The lowest BCUT2D eigenvalue weighted by atomic mass is 10.0. The van der Waals surface area contributed by atoms with Crippen LogP contribution in [0.2, 0.25) is 0 Å². The Balaban J connectivity index is 2.00. The fourth-order valence-corrected chi connectivity index (χ4v) is 1.90. The van der Waals surface area contributed by atoms with E-state index in [2.05, 4.69) is 19.2 Å². The van der Waals surface area contributed by atoms with E-state index in [4.69, 9.17) is 0 Å². The summed E-state index contributed by atoms with van der Waals surface area (Å²) in [5, 5.41) is 2.51. The lowest BCUT2D eigenvalue weighted by molar-refractivity contribution is -0.111. The van der Waals surface area contributed by atoms with E-state index in [9.17, 15) is 9.18 Å². The third-order valence-corrected chi connectivity index (χ3v) is 3.16. The average molecular weight is 283 g/mol. The molecule has 0 heterocycles. The molecule has 2 rings (SSSR count). The molecule has 0 bridgehead atoms. The predicted octanol–water partition coefficient (Wildman–Crippen LogP) is 4.60. The summed E-state index contributed by atoms with van der Waals surface area (Å²) in [5.41, 5.74) is 2.37. The molecule has 108 valence electrons. The van der Waals surface area contributed by atoms with E-state index in [1.807, 2.05) is 24.3 Å². The Labute approximate surface area is 124 Å². The first kappa shape index (κ1) is 15.0. The van der Waals surface area contributed by atoms with Gasteiger partial charge in [-0.25, -0.2) is 4.39 Å². The van der Waals surface area contributed by atoms with Gasteiger partial charge in [-0.3, -0.25) is 4.79 Å². The van der Waals surface area contributed by atoms with Crippen molar-refractivity contribution in [2.75, 3.05) is 5.32 Å². The minimum Gasteiger partial charge on any atom is -0.320 e. The van der Waals surface area contributed by atoms with Gasteiger partial charge in [-0.1, -0.05) is 50.2 Å². The predicted molar refractivity (Wildman–Crippen MR) is 84.6 cm³/mol. The fraction of sp³-hybridized carbons (Fsp3) is 0.167. The Morgan fingerprint density at radius 3 is 2.38 bits per heavy atom. The van der Waals surface area contributed by atoms with Crippen molar-refractivity contribution in [3.8, 4) is 0 Å². The molecule has 0 aromatic heterocycles. The number of amides is 1. The van der Waals surface area contributed by atoms with Gasteiger partial charge in [0.1, 0.15) is 5.82 Å². The second-order valence-corrected chi connectivity index (χ2v) is 5.12. The van der Waals surface area contributed by atoms with Crippen LogP contribution in [0.15, 0.2) is 54.6 Å². The van der Waals surface area contributed by atoms with Crippen LogP contribution in [-0.2, 0) is 4.79 Å². The van der Waals surface area contributed by atoms with Crippen LogP contribution in [0.25, 0.3) is 6.08 Å². The molecular weight excluding hydrogens is 265 g/mol. The summed E-state index contributed by atoms with van der Waals surface area (Å²) in [6.07, 6.45) is 3.11. The number of hydrogen-bond donors (Lipinski definition) is 1. The number of anilines is 1. The molecular formula is C18H18FNO. The first-order chi connectivity index (χ1) is 10.1. The van der Waals surface area contributed by atoms with Crippen LogP contribution < -0.4 is 5.32 Å². The average Bonchev–Trinajstić information content (AvgIpc) is 2.48. The van der Waals surface area contributed by atoms with Crippen molar-refractivity contribution < 1.29 is 9.18 Å². The van der Waals surface area contributed by atoms with E-state index in [0.29, 0.717) is 5.92 Å². The normalized spacial score (nSPS) is 11.0. The lowest BCUT2D eigenvalue weighted by Gasteiger charge is -2.05. The standard InChI is InChI=1S/C18H18FNO/c1-13(2)15-10-7-14(8-11-15)9-12-18(21)20-17-6-4-3-5-16(17)19/h3-13H,1-2H3,(H,20,21)/b12-9+. The summed E-state index contributed by atoms with van der Waals surface area (Å²) >= 11 is 0. The highest BCUT2D eigenvalue weighted by Gasteiger charge is 2.03. The van der Waals surface area contributed by atoms with Gasteiger partial charge in [0.05, 0.1) is 5.69 Å². The van der Waals surface area contributed by atoms with Gasteiger partial charge < -0.3 is 5.32 Å². The highest BCUT2D eigenvalue weighted by molar-refractivity contribution is 6.01. The van der Waals surface area contributed by atoms with Crippen molar-refractivity contribution in [2.24, 2.45) is 0 Å². The van der Waals surface area contributed by atoms with Crippen LogP contribution in [0, 0.1) is 5.82 Å². The zero-order chi connectivity index (χ0) is 15.2. The van der Waals surface area contributed by atoms with Gasteiger partial charge in [0.25, 0.3) is 0 Å². The summed E-state index contributed by atoms with van der Waals surface area (Å²) < 4.78 is 13.4. The van der Waals surface area contributed by atoms with Crippen LogP contribution in [0.4, 0.5) is 10.1 Å². The van der Waals surface area contributed by atoms with Crippen LogP contribution >= 0.6 is 0 Å². The maximum atomic E-state index is 13.4. The van der Waals surface area contributed by atoms with E-state index in [1.165, 1.54) is 23.8 Å². The quantitative estimate of drug-likeness (QED) is 0.816. The molecule has 0 spiro atoms. The van der Waals surface area contributed by atoms with Gasteiger partial charge in [0, 0.05) is 6.08 Å². The van der Waals surface area contributed by atoms with Gasteiger partial charge in [0.15, 0.2) is 0 Å². The first-order valence-corrected chi connectivity index (χ1v) is 6.90. The third kappa shape index (κ3) is 4.28. The molecule has 1 amide bonds. The maximum absolute atomic E-state index is 13.4. The molecule has 1 N–H and O–H groups in total. The summed E-state index contributed by atoms with van der Waals surface area (Å²) in [6, 6.07) is 14.1. The number of carbonyl (C=O) groups excluding carboxylic acids is 1. The number of benzene rings is 2. The molecule has 0 saturated heterocycles. The molecule has 2 aromatic carbocycles. The molecule has 0 aliphatic carbocycles. The molecule has 0 atom stereocenters. The molecule has 0 aliphatic rings. The molecule has 0 radical (unpaired) electrons. The molecule has 2 nitrogen and oxygen atoms in total. The smallest absolute Gasteiger partial charge is 0.248 e. The van der Waals surface area contributed by atoms with E-state index in [-0.39, 0.29) is 11.6 Å². The van der Waals surface area contributed by atoms with Gasteiger partial charge in [0.2, 0.25) is 5.91 Å². The van der Waals surface area contributed by atoms with Gasteiger partial charge >= 0.3 is 0 Å². The number of nitrogens with one attached hydrogen (secondary N) is 1. The highest BCUT2D eigenvalue weighted by Crippen LogP contribution is 2.16. The van der Waals surface area contributed by atoms with Gasteiger partial charge in [-0.2, -0.15) is 0 Å². The zero-order valence-corrected chi connectivity index (χ0v) is 12.1. The number of hydrogen-bond acceptors (Lipinski definition) is 1. The Bertz CT molecular complexity index is 645. The minimum atomic E-state index is -0.444. The Morgan fingerprint density at radius 1 is 1.10 bits per heavy atom. The number of para-hydroxylation sites is 1. The van der Waals surface area contributed by atoms with Crippen LogP contribution in [0.5, 0.6) is 0 Å². The number of rotatable bonds is 4. The summed E-state index contributed by atoms with van der Waals surface area (Å²) in [7, 11) is 0. The summed E-state index contributed by atoms with van der Waals surface area (Å²) in [4.78, 5) is 11.7. The molecule has 3 heteroatoms. The molecule has 0 unspecified atom stereocenters. The molecule has 0 saturated carbocycles. The number of carbonyl (C=O) groups is 1. The zero-order valence-electron chi connectivity index (χ0n) is 12.1. The van der Waals surface area contributed by atoms with Crippen LogP contribution in [0.3, 0.4) is 0 Å². The van der Waals surface area contributed by atoms with Crippen molar-refractivity contribution in [1.29, 1.82) is 0 Å². The van der Waals surface area contributed by atoms with E-state index in [1.54, 1.807) is 18.2 Å².